The molecule has 2 heterocycles. The molecule has 0 saturated carbocycles. The van der Waals surface area contributed by atoms with Gasteiger partial charge in [-0.2, -0.15) is 5.06 Å². The summed E-state index contributed by atoms with van der Waals surface area (Å²) in [6.07, 6.45) is 2.86. The number of hydrogen-bond acceptors (Lipinski definition) is 5. The Morgan fingerprint density at radius 2 is 2.04 bits per heavy atom. The van der Waals surface area contributed by atoms with Crippen molar-refractivity contribution in [1.29, 1.82) is 0 Å². The zero-order chi connectivity index (χ0) is 18.6. The molecule has 7 heteroatoms. The van der Waals surface area contributed by atoms with Crippen molar-refractivity contribution in [2.75, 3.05) is 10.4 Å². The van der Waals surface area contributed by atoms with E-state index in [9.17, 15) is 4.79 Å². The minimum absolute atomic E-state index is 0.296. The summed E-state index contributed by atoms with van der Waals surface area (Å²) >= 11 is 0. The van der Waals surface area contributed by atoms with Crippen LogP contribution in [0.2, 0.25) is 0 Å². The van der Waals surface area contributed by atoms with Gasteiger partial charge < -0.3 is 21.2 Å². The second-order valence-electron chi connectivity index (χ2n) is 6.12. The molecule has 136 valence electrons. The van der Waals surface area contributed by atoms with Crippen molar-refractivity contribution in [3.63, 3.8) is 0 Å². The van der Waals surface area contributed by atoms with Gasteiger partial charge in [0.2, 0.25) is 0 Å². The molecule has 0 saturated heterocycles. The van der Waals surface area contributed by atoms with Gasteiger partial charge in [0.15, 0.2) is 5.75 Å². The molecule has 4 N–H and O–H groups in total. The number of urea groups is 1. The van der Waals surface area contributed by atoms with Crippen molar-refractivity contribution < 1.29 is 9.63 Å². The third-order valence-corrected chi connectivity index (χ3v) is 4.22. The van der Waals surface area contributed by atoms with Gasteiger partial charge in [-0.1, -0.05) is 30.3 Å². The molecule has 1 aliphatic heterocycles. The van der Waals surface area contributed by atoms with Crippen LogP contribution < -0.4 is 26.3 Å². The monoisotopic (exact) mass is 361 g/mol. The fraction of sp³-hybridized carbons (Fsp3) is 0.100. The van der Waals surface area contributed by atoms with Crippen LogP contribution in [0.4, 0.5) is 16.2 Å². The van der Waals surface area contributed by atoms with Crippen LogP contribution >= 0.6 is 0 Å². The maximum absolute atomic E-state index is 12.0. The highest BCUT2D eigenvalue weighted by atomic mass is 16.7. The number of hydrogen-bond donors (Lipinski definition) is 3. The molecule has 0 bridgehead atoms. The Hall–Kier alpha value is -3.58. The van der Waals surface area contributed by atoms with E-state index < -0.39 is 0 Å². The van der Waals surface area contributed by atoms with Gasteiger partial charge in [0.1, 0.15) is 6.17 Å². The largest absolute Gasteiger partial charge is 0.377 e. The lowest BCUT2D eigenvalue weighted by Gasteiger charge is -2.22. The Morgan fingerprint density at radius 1 is 1.15 bits per heavy atom. The first-order chi connectivity index (χ1) is 13.2. The minimum atomic E-state index is -0.377. The standard InChI is InChI=1S/C20H19N5O2/c21-19-17-8-1-2-9-18(17)27-25(19)16-7-3-5-14(11-16)12-23-20(26)24-15-6-4-10-22-13-15/h1-11,13,19H,12,21H2,(H2,23,24,26). The lowest BCUT2D eigenvalue weighted by Crippen LogP contribution is -2.32. The number of anilines is 2. The van der Waals surface area contributed by atoms with E-state index in [0.717, 1.165) is 22.6 Å². The molecular formula is C20H19N5O2. The van der Waals surface area contributed by atoms with Crippen molar-refractivity contribution in [1.82, 2.24) is 10.3 Å². The molecule has 1 aliphatic rings. The molecule has 4 rings (SSSR count). The van der Waals surface area contributed by atoms with Gasteiger partial charge in [0.25, 0.3) is 0 Å². The van der Waals surface area contributed by atoms with E-state index in [-0.39, 0.29) is 12.2 Å². The highest BCUT2D eigenvalue weighted by Gasteiger charge is 2.29. The van der Waals surface area contributed by atoms with E-state index in [0.29, 0.717) is 12.2 Å². The summed E-state index contributed by atoms with van der Waals surface area (Å²) in [7, 11) is 0. The molecule has 1 aromatic heterocycles. The van der Waals surface area contributed by atoms with Crippen LogP contribution in [0.5, 0.6) is 5.75 Å². The highest BCUT2D eigenvalue weighted by molar-refractivity contribution is 5.88. The number of nitrogens with two attached hydrogens (primary N) is 1. The topological polar surface area (TPSA) is 92.5 Å². The molecule has 0 fully saturated rings. The van der Waals surface area contributed by atoms with Crippen LogP contribution in [0.25, 0.3) is 0 Å². The van der Waals surface area contributed by atoms with Crippen molar-refractivity contribution in [3.8, 4) is 5.75 Å². The smallest absolute Gasteiger partial charge is 0.319 e. The molecule has 2 aromatic carbocycles. The lowest BCUT2D eigenvalue weighted by atomic mass is 10.1. The molecule has 0 aliphatic carbocycles. The zero-order valence-electron chi connectivity index (χ0n) is 14.5. The molecule has 1 atom stereocenters. The molecule has 3 aromatic rings. The van der Waals surface area contributed by atoms with Crippen molar-refractivity contribution >= 4 is 17.4 Å². The Bertz CT molecular complexity index is 948. The van der Waals surface area contributed by atoms with Gasteiger partial charge in [-0.15, -0.1) is 0 Å². The number of aromatic nitrogens is 1. The van der Waals surface area contributed by atoms with Crippen LogP contribution in [0, 0.1) is 0 Å². The second kappa shape index (κ2) is 7.35. The molecule has 2 amide bonds. The Kier molecular flexibility index (Phi) is 4.59. The molecule has 27 heavy (non-hydrogen) atoms. The molecule has 1 unspecified atom stereocenters. The number of nitrogens with one attached hydrogen (secondary N) is 2. The summed E-state index contributed by atoms with van der Waals surface area (Å²) in [6, 6.07) is 18.6. The number of fused-ring (bicyclic) bond motifs is 1. The quantitative estimate of drug-likeness (QED) is 0.664. The van der Waals surface area contributed by atoms with E-state index in [4.69, 9.17) is 10.6 Å². The Morgan fingerprint density at radius 3 is 2.85 bits per heavy atom. The fourth-order valence-electron chi connectivity index (χ4n) is 2.91. The third-order valence-electron chi connectivity index (χ3n) is 4.22. The predicted octanol–water partition coefficient (Wildman–Crippen LogP) is 3.17. The number of amides is 2. The number of carbonyl (C=O) groups is 1. The number of carbonyl (C=O) groups excluding carboxylic acids is 1. The number of rotatable bonds is 4. The van der Waals surface area contributed by atoms with Crippen LogP contribution in [-0.2, 0) is 6.54 Å². The summed E-state index contributed by atoms with van der Waals surface area (Å²) in [5, 5.41) is 7.23. The summed E-state index contributed by atoms with van der Waals surface area (Å²) in [5.74, 6) is 0.754. The molecule has 0 spiro atoms. The van der Waals surface area contributed by atoms with Crippen LogP contribution in [-0.4, -0.2) is 11.0 Å². The second-order valence-corrected chi connectivity index (χ2v) is 6.12. The average molecular weight is 361 g/mol. The first-order valence-corrected chi connectivity index (χ1v) is 8.56. The highest BCUT2D eigenvalue weighted by Crippen LogP contribution is 2.37. The summed E-state index contributed by atoms with van der Waals surface area (Å²) in [5.41, 5.74) is 9.63. The number of hydroxylamine groups is 1. The van der Waals surface area contributed by atoms with Gasteiger partial charge in [-0.3, -0.25) is 4.98 Å². The zero-order valence-corrected chi connectivity index (χ0v) is 14.5. The normalized spacial score (nSPS) is 15.0. The summed E-state index contributed by atoms with van der Waals surface area (Å²) in [4.78, 5) is 21.9. The van der Waals surface area contributed by atoms with E-state index in [1.54, 1.807) is 29.6 Å². The van der Waals surface area contributed by atoms with Gasteiger partial charge in [-0.25, -0.2) is 4.79 Å². The van der Waals surface area contributed by atoms with Crippen molar-refractivity contribution in [3.05, 3.63) is 84.2 Å². The Labute approximate surface area is 156 Å². The van der Waals surface area contributed by atoms with E-state index >= 15 is 0 Å². The maximum atomic E-state index is 12.0. The predicted molar refractivity (Wildman–Crippen MR) is 103 cm³/mol. The van der Waals surface area contributed by atoms with E-state index in [2.05, 4.69) is 15.6 Å². The first kappa shape index (κ1) is 16.9. The number of nitrogens with zero attached hydrogens (tertiary/aromatic N) is 2. The van der Waals surface area contributed by atoms with Crippen molar-refractivity contribution in [2.24, 2.45) is 5.73 Å². The summed E-state index contributed by atoms with van der Waals surface area (Å²) in [6.45, 7) is 0.371. The SMILES string of the molecule is NC1c2ccccc2ON1c1cccc(CNC(=O)Nc2cccnc2)c1. The minimum Gasteiger partial charge on any atom is -0.377 e. The van der Waals surface area contributed by atoms with Gasteiger partial charge in [-0.05, 0) is 35.9 Å². The van der Waals surface area contributed by atoms with Gasteiger partial charge >= 0.3 is 6.03 Å². The van der Waals surface area contributed by atoms with Gasteiger partial charge in [0.05, 0.1) is 17.6 Å². The first-order valence-electron chi connectivity index (χ1n) is 8.56. The summed E-state index contributed by atoms with van der Waals surface area (Å²) < 4.78 is 0. The molecule has 7 nitrogen and oxygen atoms in total. The number of pyridine rings is 1. The lowest BCUT2D eigenvalue weighted by molar-refractivity contribution is 0.251. The average Bonchev–Trinajstić information content (AvgIpc) is 3.04. The van der Waals surface area contributed by atoms with E-state index in [1.807, 2.05) is 48.5 Å². The number of benzene rings is 2. The molecule has 0 radical (unpaired) electrons. The number of para-hydroxylation sites is 1. The maximum Gasteiger partial charge on any atom is 0.319 e. The van der Waals surface area contributed by atoms with Crippen LogP contribution in [0.15, 0.2) is 73.1 Å². The van der Waals surface area contributed by atoms with Crippen LogP contribution in [0.1, 0.15) is 17.3 Å². The van der Waals surface area contributed by atoms with Crippen molar-refractivity contribution in [2.45, 2.75) is 12.7 Å². The van der Waals surface area contributed by atoms with Crippen LogP contribution in [0.3, 0.4) is 0 Å². The fourth-order valence-corrected chi connectivity index (χ4v) is 2.91. The molecular weight excluding hydrogens is 342 g/mol. The Balaban J connectivity index is 1.41. The van der Waals surface area contributed by atoms with E-state index in [1.165, 1.54) is 0 Å². The van der Waals surface area contributed by atoms with Gasteiger partial charge in [0, 0.05) is 18.3 Å². The third kappa shape index (κ3) is 3.68.